The van der Waals surface area contributed by atoms with E-state index in [1.54, 1.807) is 7.05 Å². The summed E-state index contributed by atoms with van der Waals surface area (Å²) in [5, 5.41) is 13.7. The van der Waals surface area contributed by atoms with E-state index in [1.807, 2.05) is 0 Å². The molecule has 0 saturated carbocycles. The maximum absolute atomic E-state index is 13.5. The van der Waals surface area contributed by atoms with Crippen LogP contribution in [0, 0.1) is 21.7 Å². The normalized spacial score (nSPS) is 10.4. The van der Waals surface area contributed by atoms with E-state index in [-0.39, 0.29) is 11.5 Å². The Hall–Kier alpha value is -2.54. The monoisotopic (exact) mass is 294 g/mol. The zero-order valence-electron chi connectivity index (χ0n) is 11.1. The average Bonchev–Trinajstić information content (AvgIpc) is 2.38. The van der Waals surface area contributed by atoms with Crippen LogP contribution < -0.4 is 10.1 Å². The SMILES string of the molecule is CNCc1cc(F)cc(Oc2cc(F)ccc2[N+](=O)[O-])c1. The van der Waals surface area contributed by atoms with Crippen molar-refractivity contribution in [3.8, 4) is 11.5 Å². The minimum absolute atomic E-state index is 0.0638. The molecule has 0 aliphatic rings. The Labute approximate surface area is 119 Å². The van der Waals surface area contributed by atoms with E-state index in [0.29, 0.717) is 12.1 Å². The lowest BCUT2D eigenvalue weighted by molar-refractivity contribution is -0.385. The van der Waals surface area contributed by atoms with Gasteiger partial charge in [-0.1, -0.05) is 0 Å². The molecule has 2 rings (SSSR count). The molecule has 110 valence electrons. The van der Waals surface area contributed by atoms with Crippen LogP contribution in [0.1, 0.15) is 5.56 Å². The molecule has 7 heteroatoms. The molecule has 0 radical (unpaired) electrons. The first-order valence-corrected chi connectivity index (χ1v) is 6.05. The predicted octanol–water partition coefficient (Wildman–Crippen LogP) is 3.38. The van der Waals surface area contributed by atoms with Crippen molar-refractivity contribution in [1.29, 1.82) is 0 Å². The molecule has 0 amide bonds. The molecule has 0 bridgehead atoms. The summed E-state index contributed by atoms with van der Waals surface area (Å²) in [7, 11) is 1.70. The standard InChI is InChI=1S/C14H12F2N2O3/c1-17-8-9-4-11(16)6-12(5-9)21-14-7-10(15)2-3-13(14)18(19)20/h2-7,17H,8H2,1H3. The lowest BCUT2D eigenvalue weighted by Gasteiger charge is -2.09. The second-order valence-corrected chi connectivity index (χ2v) is 4.30. The van der Waals surface area contributed by atoms with Crippen LogP contribution in [0.2, 0.25) is 0 Å². The summed E-state index contributed by atoms with van der Waals surface area (Å²) in [6, 6.07) is 6.76. The van der Waals surface area contributed by atoms with Crippen molar-refractivity contribution in [2.75, 3.05) is 7.05 Å². The maximum atomic E-state index is 13.5. The number of nitrogens with one attached hydrogen (secondary N) is 1. The van der Waals surface area contributed by atoms with Crippen LogP contribution in [0.4, 0.5) is 14.5 Å². The predicted molar refractivity (Wildman–Crippen MR) is 72.3 cm³/mol. The number of rotatable bonds is 5. The van der Waals surface area contributed by atoms with Crippen LogP contribution in [0.3, 0.4) is 0 Å². The quantitative estimate of drug-likeness (QED) is 0.678. The summed E-state index contributed by atoms with van der Waals surface area (Å²) in [6.07, 6.45) is 0. The fourth-order valence-corrected chi connectivity index (χ4v) is 1.83. The first-order chi connectivity index (χ1) is 9.99. The van der Waals surface area contributed by atoms with E-state index in [0.717, 1.165) is 24.3 Å². The third kappa shape index (κ3) is 3.73. The molecule has 0 saturated heterocycles. The van der Waals surface area contributed by atoms with Gasteiger partial charge in [0.2, 0.25) is 5.75 Å². The molecule has 2 aromatic carbocycles. The molecule has 0 atom stereocenters. The molecule has 0 fully saturated rings. The molecule has 0 heterocycles. The molecule has 0 aromatic heterocycles. The highest BCUT2D eigenvalue weighted by Crippen LogP contribution is 2.32. The van der Waals surface area contributed by atoms with Gasteiger partial charge >= 0.3 is 5.69 Å². The first-order valence-electron chi connectivity index (χ1n) is 6.05. The summed E-state index contributed by atoms with van der Waals surface area (Å²) in [5.41, 5.74) is 0.211. The number of hydrogen-bond acceptors (Lipinski definition) is 4. The van der Waals surface area contributed by atoms with Crippen LogP contribution in [0.15, 0.2) is 36.4 Å². The van der Waals surface area contributed by atoms with Crippen molar-refractivity contribution in [2.24, 2.45) is 0 Å². The molecule has 1 N–H and O–H groups in total. The Morgan fingerprint density at radius 3 is 2.62 bits per heavy atom. The highest BCUT2D eigenvalue weighted by atomic mass is 19.1. The molecule has 0 unspecified atom stereocenters. The molecule has 5 nitrogen and oxygen atoms in total. The Morgan fingerprint density at radius 1 is 1.19 bits per heavy atom. The minimum Gasteiger partial charge on any atom is -0.450 e. The van der Waals surface area contributed by atoms with Gasteiger partial charge in [-0.2, -0.15) is 0 Å². The van der Waals surface area contributed by atoms with Gasteiger partial charge in [-0.3, -0.25) is 10.1 Å². The van der Waals surface area contributed by atoms with Gasteiger partial charge in [0.05, 0.1) is 4.92 Å². The maximum Gasteiger partial charge on any atom is 0.311 e. The number of nitro benzene ring substituents is 1. The van der Waals surface area contributed by atoms with Gasteiger partial charge in [0.25, 0.3) is 0 Å². The van der Waals surface area contributed by atoms with Gasteiger partial charge in [-0.05, 0) is 30.8 Å². The number of ether oxygens (including phenoxy) is 1. The van der Waals surface area contributed by atoms with E-state index in [2.05, 4.69) is 5.32 Å². The van der Waals surface area contributed by atoms with Crippen molar-refractivity contribution < 1.29 is 18.4 Å². The number of halogens is 2. The third-order valence-corrected chi connectivity index (χ3v) is 2.66. The lowest BCUT2D eigenvalue weighted by Crippen LogP contribution is -2.05. The fraction of sp³-hybridized carbons (Fsp3) is 0.143. The minimum atomic E-state index is -0.692. The first kappa shape index (κ1) is 14.9. The smallest absolute Gasteiger partial charge is 0.311 e. The van der Waals surface area contributed by atoms with Crippen molar-refractivity contribution >= 4 is 5.69 Å². The van der Waals surface area contributed by atoms with Crippen molar-refractivity contribution in [3.05, 3.63) is 63.7 Å². The summed E-state index contributed by atoms with van der Waals surface area (Å²) in [4.78, 5) is 10.2. The van der Waals surface area contributed by atoms with Gasteiger partial charge in [-0.15, -0.1) is 0 Å². The molecule has 0 aliphatic heterocycles. The molecule has 0 spiro atoms. The zero-order valence-corrected chi connectivity index (χ0v) is 11.1. The van der Waals surface area contributed by atoms with Gasteiger partial charge in [0.15, 0.2) is 0 Å². The van der Waals surface area contributed by atoms with Crippen molar-refractivity contribution in [2.45, 2.75) is 6.54 Å². The zero-order chi connectivity index (χ0) is 15.4. The highest BCUT2D eigenvalue weighted by Gasteiger charge is 2.17. The van der Waals surface area contributed by atoms with Gasteiger partial charge in [0.1, 0.15) is 17.4 Å². The molecule has 2 aromatic rings. The van der Waals surface area contributed by atoms with Gasteiger partial charge in [-0.25, -0.2) is 8.78 Å². The summed E-state index contributed by atoms with van der Waals surface area (Å²) < 4.78 is 32.0. The van der Waals surface area contributed by atoms with Gasteiger partial charge < -0.3 is 10.1 Å². The van der Waals surface area contributed by atoms with Crippen LogP contribution in [0.5, 0.6) is 11.5 Å². The van der Waals surface area contributed by atoms with E-state index >= 15 is 0 Å². The summed E-state index contributed by atoms with van der Waals surface area (Å²) in [5.74, 6) is -1.44. The Bertz CT molecular complexity index is 677. The number of nitrogens with zero attached hydrogens (tertiary/aromatic N) is 1. The number of benzene rings is 2. The molecular weight excluding hydrogens is 282 g/mol. The second kappa shape index (κ2) is 6.27. The topological polar surface area (TPSA) is 64.4 Å². The van der Waals surface area contributed by atoms with Gasteiger partial charge in [0, 0.05) is 24.7 Å². The largest absolute Gasteiger partial charge is 0.450 e. The molecular formula is C14H12F2N2O3. The lowest BCUT2D eigenvalue weighted by atomic mass is 10.2. The van der Waals surface area contributed by atoms with E-state index in [9.17, 15) is 18.9 Å². The second-order valence-electron chi connectivity index (χ2n) is 4.30. The summed E-state index contributed by atoms with van der Waals surface area (Å²) in [6.45, 7) is 0.402. The Kier molecular flexibility index (Phi) is 4.44. The highest BCUT2D eigenvalue weighted by molar-refractivity contribution is 5.48. The molecule has 0 aliphatic carbocycles. The third-order valence-electron chi connectivity index (χ3n) is 2.66. The molecule has 21 heavy (non-hydrogen) atoms. The number of nitro groups is 1. The van der Waals surface area contributed by atoms with E-state index in [1.165, 1.54) is 12.1 Å². The van der Waals surface area contributed by atoms with Crippen LogP contribution in [-0.2, 0) is 6.54 Å². The van der Waals surface area contributed by atoms with Crippen LogP contribution in [-0.4, -0.2) is 12.0 Å². The summed E-state index contributed by atoms with van der Waals surface area (Å²) >= 11 is 0. The van der Waals surface area contributed by atoms with E-state index in [4.69, 9.17) is 4.74 Å². The van der Waals surface area contributed by atoms with E-state index < -0.39 is 22.2 Å². The van der Waals surface area contributed by atoms with Crippen LogP contribution in [0.25, 0.3) is 0 Å². The van der Waals surface area contributed by atoms with Crippen molar-refractivity contribution in [3.63, 3.8) is 0 Å². The van der Waals surface area contributed by atoms with Crippen LogP contribution >= 0.6 is 0 Å². The van der Waals surface area contributed by atoms with Crippen molar-refractivity contribution in [1.82, 2.24) is 5.32 Å². The number of hydrogen-bond donors (Lipinski definition) is 1. The Morgan fingerprint density at radius 2 is 1.95 bits per heavy atom. The fourth-order valence-electron chi connectivity index (χ4n) is 1.83. The Balaban J connectivity index is 2.37. The average molecular weight is 294 g/mol.